The van der Waals surface area contributed by atoms with Crippen LogP contribution in [-0.4, -0.2) is 22.2 Å². The molecule has 0 aliphatic rings. The second kappa shape index (κ2) is 4.76. The lowest BCUT2D eigenvalue weighted by Gasteiger charge is -2.07. The van der Waals surface area contributed by atoms with E-state index in [-0.39, 0.29) is 0 Å². The minimum Gasteiger partial charge on any atom is -0.495 e. The number of ether oxygens (including phenoxy) is 1. The van der Waals surface area contributed by atoms with Crippen molar-refractivity contribution in [3.05, 3.63) is 34.7 Å². The van der Waals surface area contributed by atoms with Crippen LogP contribution in [0, 0.1) is 13.8 Å². The predicted octanol–water partition coefficient (Wildman–Crippen LogP) is 3.56. The Hall–Kier alpha value is -2.14. The molecule has 20 heavy (non-hydrogen) atoms. The summed E-state index contributed by atoms with van der Waals surface area (Å²) in [5.41, 5.74) is 2.87. The highest BCUT2D eigenvalue weighted by molar-refractivity contribution is 6.32. The summed E-state index contributed by atoms with van der Waals surface area (Å²) in [5.74, 6) is 1.25. The van der Waals surface area contributed by atoms with Crippen molar-refractivity contribution in [1.29, 1.82) is 0 Å². The molecular formula is C14H12ClN3O2. The highest BCUT2D eigenvalue weighted by Gasteiger charge is 2.16. The van der Waals surface area contributed by atoms with Crippen LogP contribution in [0.15, 0.2) is 22.7 Å². The second-order valence-corrected chi connectivity index (χ2v) is 4.82. The molecule has 2 aromatic heterocycles. The van der Waals surface area contributed by atoms with E-state index in [1.165, 1.54) is 0 Å². The van der Waals surface area contributed by atoms with Crippen molar-refractivity contribution in [3.63, 3.8) is 0 Å². The van der Waals surface area contributed by atoms with Gasteiger partial charge in [0.15, 0.2) is 0 Å². The summed E-state index contributed by atoms with van der Waals surface area (Å²) < 4.78 is 10.4. The van der Waals surface area contributed by atoms with Gasteiger partial charge in [0.25, 0.3) is 5.71 Å². The van der Waals surface area contributed by atoms with Crippen molar-refractivity contribution in [2.75, 3.05) is 7.11 Å². The van der Waals surface area contributed by atoms with Gasteiger partial charge in [0.2, 0.25) is 0 Å². The van der Waals surface area contributed by atoms with Crippen molar-refractivity contribution in [2.45, 2.75) is 13.8 Å². The molecule has 3 aromatic rings. The van der Waals surface area contributed by atoms with E-state index in [9.17, 15) is 0 Å². The maximum Gasteiger partial charge on any atom is 0.261 e. The van der Waals surface area contributed by atoms with Crippen LogP contribution >= 0.6 is 11.6 Å². The zero-order chi connectivity index (χ0) is 14.3. The molecule has 0 spiro atoms. The van der Waals surface area contributed by atoms with E-state index in [2.05, 4.69) is 15.1 Å². The van der Waals surface area contributed by atoms with Crippen LogP contribution in [0.5, 0.6) is 5.75 Å². The van der Waals surface area contributed by atoms with Crippen molar-refractivity contribution in [3.8, 4) is 17.0 Å². The highest BCUT2D eigenvalue weighted by atomic mass is 35.5. The Morgan fingerprint density at radius 1 is 1.20 bits per heavy atom. The van der Waals surface area contributed by atoms with E-state index in [4.69, 9.17) is 20.9 Å². The number of rotatable bonds is 2. The van der Waals surface area contributed by atoms with Crippen molar-refractivity contribution >= 4 is 22.7 Å². The first kappa shape index (κ1) is 12.9. The summed E-state index contributed by atoms with van der Waals surface area (Å²) in [4.78, 5) is 8.73. The molecule has 0 saturated heterocycles. The standard InChI is InChI=1S/C14H12ClN3O2/c1-7-12-13(16-8(2)17-14(12)20-18-7)9-4-5-11(19-3)10(15)6-9/h4-6H,1-3H3. The highest BCUT2D eigenvalue weighted by Crippen LogP contribution is 2.33. The van der Waals surface area contributed by atoms with Crippen molar-refractivity contribution in [1.82, 2.24) is 15.1 Å². The normalized spacial score (nSPS) is 11.0. The van der Waals surface area contributed by atoms with Gasteiger partial charge in [0.05, 0.1) is 28.9 Å². The lowest BCUT2D eigenvalue weighted by Crippen LogP contribution is -1.93. The molecule has 0 fully saturated rings. The lowest BCUT2D eigenvalue weighted by atomic mass is 10.1. The number of fused-ring (bicyclic) bond motifs is 1. The Morgan fingerprint density at radius 2 is 2.00 bits per heavy atom. The number of hydrogen-bond acceptors (Lipinski definition) is 5. The van der Waals surface area contributed by atoms with Gasteiger partial charge in [0.1, 0.15) is 11.6 Å². The van der Waals surface area contributed by atoms with Crippen LogP contribution in [0.2, 0.25) is 5.02 Å². The van der Waals surface area contributed by atoms with Crippen LogP contribution < -0.4 is 4.74 Å². The fourth-order valence-corrected chi connectivity index (χ4v) is 2.38. The average molecular weight is 290 g/mol. The molecule has 6 heteroatoms. The molecule has 2 heterocycles. The van der Waals surface area contributed by atoms with Crippen LogP contribution in [-0.2, 0) is 0 Å². The first-order valence-electron chi connectivity index (χ1n) is 6.04. The zero-order valence-electron chi connectivity index (χ0n) is 11.3. The number of halogens is 1. The van der Waals surface area contributed by atoms with Gasteiger partial charge in [-0.15, -0.1) is 0 Å². The molecule has 0 unspecified atom stereocenters. The average Bonchev–Trinajstić information content (AvgIpc) is 2.79. The number of benzene rings is 1. The fraction of sp³-hybridized carbons (Fsp3) is 0.214. The minimum absolute atomic E-state index is 0.483. The molecule has 0 aliphatic heterocycles. The maximum absolute atomic E-state index is 6.18. The minimum atomic E-state index is 0.483. The molecular weight excluding hydrogens is 278 g/mol. The van der Waals surface area contributed by atoms with Gasteiger partial charge in [-0.25, -0.2) is 4.98 Å². The molecule has 5 nitrogen and oxygen atoms in total. The SMILES string of the molecule is COc1ccc(-c2nc(C)nc3onc(C)c23)cc1Cl. The van der Waals surface area contributed by atoms with Crippen LogP contribution in [0.4, 0.5) is 0 Å². The third-order valence-electron chi connectivity index (χ3n) is 3.04. The van der Waals surface area contributed by atoms with E-state index in [0.29, 0.717) is 22.3 Å². The Bertz CT molecular complexity index is 798. The summed E-state index contributed by atoms with van der Waals surface area (Å²) in [5, 5.41) is 5.28. The largest absolute Gasteiger partial charge is 0.495 e. The molecule has 0 aliphatic carbocycles. The van der Waals surface area contributed by atoms with Crippen LogP contribution in [0.1, 0.15) is 11.5 Å². The van der Waals surface area contributed by atoms with Crippen molar-refractivity contribution < 1.29 is 9.26 Å². The summed E-state index contributed by atoms with van der Waals surface area (Å²) in [6.07, 6.45) is 0. The van der Waals surface area contributed by atoms with Gasteiger partial charge in [0, 0.05) is 5.56 Å². The Labute approximate surface area is 120 Å². The quantitative estimate of drug-likeness (QED) is 0.722. The number of aryl methyl sites for hydroxylation is 2. The van der Waals surface area contributed by atoms with Gasteiger partial charge in [-0.2, -0.15) is 4.98 Å². The molecule has 3 rings (SSSR count). The zero-order valence-corrected chi connectivity index (χ0v) is 12.0. The van der Waals surface area contributed by atoms with Crippen molar-refractivity contribution in [2.24, 2.45) is 0 Å². The van der Waals surface area contributed by atoms with Gasteiger partial charge >= 0.3 is 0 Å². The number of methoxy groups -OCH3 is 1. The Balaban J connectivity index is 2.28. The third-order valence-corrected chi connectivity index (χ3v) is 3.34. The summed E-state index contributed by atoms with van der Waals surface area (Å²) in [6, 6.07) is 5.52. The summed E-state index contributed by atoms with van der Waals surface area (Å²) in [7, 11) is 1.58. The Kier molecular flexibility index (Phi) is 3.06. The predicted molar refractivity (Wildman–Crippen MR) is 76.1 cm³/mol. The molecule has 0 N–H and O–H groups in total. The summed E-state index contributed by atoms with van der Waals surface area (Å²) in [6.45, 7) is 3.67. The fourth-order valence-electron chi connectivity index (χ4n) is 2.12. The van der Waals surface area contributed by atoms with Gasteiger partial charge in [-0.3, -0.25) is 0 Å². The third kappa shape index (κ3) is 2.00. The first-order chi connectivity index (χ1) is 9.60. The molecule has 0 bridgehead atoms. The molecule has 0 atom stereocenters. The van der Waals surface area contributed by atoms with E-state index < -0.39 is 0 Å². The van der Waals surface area contributed by atoms with Gasteiger partial charge in [-0.1, -0.05) is 16.8 Å². The molecule has 0 saturated carbocycles. The van der Waals surface area contributed by atoms with E-state index >= 15 is 0 Å². The van der Waals surface area contributed by atoms with Gasteiger partial charge < -0.3 is 9.26 Å². The number of nitrogens with zero attached hydrogens (tertiary/aromatic N) is 3. The van der Waals surface area contributed by atoms with Gasteiger partial charge in [-0.05, 0) is 32.0 Å². The smallest absolute Gasteiger partial charge is 0.261 e. The van der Waals surface area contributed by atoms with E-state index in [1.807, 2.05) is 32.0 Å². The first-order valence-corrected chi connectivity index (χ1v) is 6.42. The maximum atomic E-state index is 6.18. The Morgan fingerprint density at radius 3 is 2.70 bits per heavy atom. The number of hydrogen-bond donors (Lipinski definition) is 0. The second-order valence-electron chi connectivity index (χ2n) is 4.42. The molecule has 1 aromatic carbocycles. The molecule has 0 radical (unpaired) electrons. The van der Waals surface area contributed by atoms with Crippen LogP contribution in [0.3, 0.4) is 0 Å². The number of aromatic nitrogens is 3. The topological polar surface area (TPSA) is 61.0 Å². The van der Waals surface area contributed by atoms with Crippen LogP contribution in [0.25, 0.3) is 22.4 Å². The van der Waals surface area contributed by atoms with E-state index in [0.717, 1.165) is 22.3 Å². The molecule has 102 valence electrons. The van der Waals surface area contributed by atoms with E-state index in [1.54, 1.807) is 7.11 Å². The monoisotopic (exact) mass is 289 g/mol. The molecule has 0 amide bonds. The summed E-state index contributed by atoms with van der Waals surface area (Å²) >= 11 is 6.18. The lowest BCUT2D eigenvalue weighted by molar-refractivity contribution is 0.415.